The van der Waals surface area contributed by atoms with Gasteiger partial charge in [-0.15, -0.1) is 0 Å². The second-order valence-electron chi connectivity index (χ2n) is 7.31. The maximum atomic E-state index is 12.7. The highest BCUT2D eigenvalue weighted by Gasteiger charge is 2.22. The third-order valence-corrected chi connectivity index (χ3v) is 4.87. The van der Waals surface area contributed by atoms with E-state index in [1.54, 1.807) is 54.7 Å². The van der Waals surface area contributed by atoms with E-state index in [4.69, 9.17) is 4.74 Å². The van der Waals surface area contributed by atoms with Crippen molar-refractivity contribution >= 4 is 17.5 Å². The number of pyridine rings is 1. The molecule has 2 amide bonds. The summed E-state index contributed by atoms with van der Waals surface area (Å²) in [6.07, 6.45) is 4.17. The molecule has 152 valence electrons. The molecule has 6 nitrogen and oxygen atoms in total. The van der Waals surface area contributed by atoms with Gasteiger partial charge in [-0.2, -0.15) is 0 Å². The smallest absolute Gasteiger partial charge is 0.255 e. The summed E-state index contributed by atoms with van der Waals surface area (Å²) in [4.78, 5) is 29.4. The average Bonchev–Trinajstić information content (AvgIpc) is 3.62. The Morgan fingerprint density at radius 3 is 2.43 bits per heavy atom. The quantitative estimate of drug-likeness (QED) is 0.597. The molecule has 0 saturated heterocycles. The first-order valence-electron chi connectivity index (χ1n) is 10.0. The molecular weight excluding hydrogens is 378 g/mol. The Balaban J connectivity index is 1.35. The monoisotopic (exact) mass is 401 g/mol. The fourth-order valence-corrected chi connectivity index (χ4v) is 2.94. The Kier molecular flexibility index (Phi) is 6.03. The number of nitrogens with zero attached hydrogens (tertiary/aromatic N) is 1. The van der Waals surface area contributed by atoms with Crippen LogP contribution in [0.2, 0.25) is 0 Å². The van der Waals surface area contributed by atoms with Gasteiger partial charge in [0.1, 0.15) is 0 Å². The first-order valence-corrected chi connectivity index (χ1v) is 10.0. The van der Waals surface area contributed by atoms with Gasteiger partial charge in [0.05, 0.1) is 17.9 Å². The van der Waals surface area contributed by atoms with Crippen LogP contribution in [-0.4, -0.2) is 23.4 Å². The average molecular weight is 401 g/mol. The molecule has 1 fully saturated rings. The molecule has 1 heterocycles. The number of carbonyl (C=O) groups is 2. The SMILES string of the molecule is O=C(Nc1ccccc1C(=O)NCc1ccc(OCC2CC2)nc1)c1ccccc1. The lowest BCUT2D eigenvalue weighted by Crippen LogP contribution is -2.25. The van der Waals surface area contributed by atoms with Gasteiger partial charge in [0.25, 0.3) is 11.8 Å². The van der Waals surface area contributed by atoms with Gasteiger partial charge in [-0.1, -0.05) is 36.4 Å². The minimum Gasteiger partial charge on any atom is -0.477 e. The Hall–Kier alpha value is -3.67. The van der Waals surface area contributed by atoms with Crippen LogP contribution in [0.25, 0.3) is 0 Å². The van der Waals surface area contributed by atoms with Crippen LogP contribution in [0.5, 0.6) is 5.88 Å². The molecule has 2 N–H and O–H groups in total. The number of carbonyl (C=O) groups excluding carboxylic acids is 2. The number of amides is 2. The molecule has 4 rings (SSSR count). The van der Waals surface area contributed by atoms with Gasteiger partial charge in [0.15, 0.2) is 0 Å². The summed E-state index contributed by atoms with van der Waals surface area (Å²) in [5.41, 5.74) is 2.26. The first-order chi connectivity index (χ1) is 14.7. The summed E-state index contributed by atoms with van der Waals surface area (Å²) in [6.45, 7) is 1.05. The van der Waals surface area contributed by atoms with Crippen LogP contribution in [0.15, 0.2) is 72.9 Å². The zero-order chi connectivity index (χ0) is 20.8. The molecule has 30 heavy (non-hydrogen) atoms. The standard InChI is InChI=1S/C24H23N3O3/c28-23(19-6-2-1-3-7-19)27-21-9-5-4-8-20(21)24(29)26-15-18-12-13-22(25-14-18)30-16-17-10-11-17/h1-9,12-14,17H,10-11,15-16H2,(H,26,29)(H,27,28). The Labute approximate surface area is 175 Å². The highest BCUT2D eigenvalue weighted by atomic mass is 16.5. The van der Waals surface area contributed by atoms with E-state index in [2.05, 4.69) is 15.6 Å². The molecular formula is C24H23N3O3. The lowest BCUT2D eigenvalue weighted by Gasteiger charge is -2.12. The number of hydrogen-bond acceptors (Lipinski definition) is 4. The van der Waals surface area contributed by atoms with Crippen molar-refractivity contribution in [3.63, 3.8) is 0 Å². The van der Waals surface area contributed by atoms with Crippen LogP contribution in [0.3, 0.4) is 0 Å². The van der Waals surface area contributed by atoms with Gasteiger partial charge in [-0.3, -0.25) is 9.59 Å². The summed E-state index contributed by atoms with van der Waals surface area (Å²) in [5.74, 6) is 0.744. The Bertz CT molecular complexity index is 1020. The zero-order valence-corrected chi connectivity index (χ0v) is 16.5. The molecule has 1 aromatic heterocycles. The van der Waals surface area contributed by atoms with E-state index in [-0.39, 0.29) is 11.8 Å². The molecule has 2 aromatic carbocycles. The summed E-state index contributed by atoms with van der Waals surface area (Å²) < 4.78 is 5.63. The molecule has 3 aromatic rings. The van der Waals surface area contributed by atoms with Crippen molar-refractivity contribution in [1.82, 2.24) is 10.3 Å². The van der Waals surface area contributed by atoms with E-state index in [9.17, 15) is 9.59 Å². The largest absolute Gasteiger partial charge is 0.477 e. The molecule has 1 saturated carbocycles. The van der Waals surface area contributed by atoms with Crippen LogP contribution in [0.4, 0.5) is 5.69 Å². The van der Waals surface area contributed by atoms with E-state index >= 15 is 0 Å². The van der Waals surface area contributed by atoms with Crippen molar-refractivity contribution in [3.8, 4) is 5.88 Å². The predicted molar refractivity (Wildman–Crippen MR) is 114 cm³/mol. The van der Waals surface area contributed by atoms with Crippen LogP contribution < -0.4 is 15.4 Å². The molecule has 0 atom stereocenters. The molecule has 6 heteroatoms. The number of hydrogen-bond donors (Lipinski definition) is 2. The summed E-state index contributed by atoms with van der Waals surface area (Å²) in [7, 11) is 0. The van der Waals surface area contributed by atoms with Gasteiger partial charge >= 0.3 is 0 Å². The number of para-hydroxylation sites is 1. The van der Waals surface area contributed by atoms with Crippen LogP contribution in [-0.2, 0) is 6.54 Å². The lowest BCUT2D eigenvalue weighted by molar-refractivity contribution is 0.0951. The van der Waals surface area contributed by atoms with Crippen molar-refractivity contribution < 1.29 is 14.3 Å². The predicted octanol–water partition coefficient (Wildman–Crippen LogP) is 4.05. The topological polar surface area (TPSA) is 80.3 Å². The van der Waals surface area contributed by atoms with Gasteiger partial charge in [-0.05, 0) is 48.6 Å². The molecule has 1 aliphatic carbocycles. The summed E-state index contributed by atoms with van der Waals surface area (Å²) in [5, 5.41) is 5.69. The molecule has 1 aliphatic rings. The number of anilines is 1. The molecule has 0 aliphatic heterocycles. The van der Waals surface area contributed by atoms with Crippen LogP contribution >= 0.6 is 0 Å². The van der Waals surface area contributed by atoms with Crippen LogP contribution in [0, 0.1) is 5.92 Å². The fourth-order valence-electron chi connectivity index (χ4n) is 2.94. The number of rotatable bonds is 8. The number of aromatic nitrogens is 1. The summed E-state index contributed by atoms with van der Waals surface area (Å²) in [6, 6.07) is 19.5. The second kappa shape index (κ2) is 9.22. The molecule has 0 radical (unpaired) electrons. The number of nitrogens with one attached hydrogen (secondary N) is 2. The maximum absolute atomic E-state index is 12.7. The summed E-state index contributed by atoms with van der Waals surface area (Å²) >= 11 is 0. The highest BCUT2D eigenvalue weighted by molar-refractivity contribution is 6.08. The van der Waals surface area contributed by atoms with Gasteiger partial charge in [-0.25, -0.2) is 4.98 Å². The highest BCUT2D eigenvalue weighted by Crippen LogP contribution is 2.29. The van der Waals surface area contributed by atoms with E-state index in [0.717, 1.165) is 5.56 Å². The number of ether oxygens (including phenoxy) is 1. The molecule has 0 unspecified atom stereocenters. The lowest BCUT2D eigenvalue weighted by atomic mass is 10.1. The zero-order valence-electron chi connectivity index (χ0n) is 16.5. The molecule has 0 spiro atoms. The van der Waals surface area contributed by atoms with Crippen molar-refractivity contribution in [1.29, 1.82) is 0 Å². The normalized spacial score (nSPS) is 12.8. The maximum Gasteiger partial charge on any atom is 0.255 e. The van der Waals surface area contributed by atoms with E-state index in [0.29, 0.717) is 41.8 Å². The minimum atomic E-state index is -0.270. The van der Waals surface area contributed by atoms with Crippen molar-refractivity contribution in [2.45, 2.75) is 19.4 Å². The first kappa shape index (κ1) is 19.6. The van der Waals surface area contributed by atoms with E-state index in [1.165, 1.54) is 12.8 Å². The Morgan fingerprint density at radius 2 is 1.70 bits per heavy atom. The van der Waals surface area contributed by atoms with Crippen molar-refractivity contribution in [3.05, 3.63) is 89.6 Å². The van der Waals surface area contributed by atoms with E-state index in [1.807, 2.05) is 18.2 Å². The fraction of sp³-hybridized carbons (Fsp3) is 0.208. The van der Waals surface area contributed by atoms with Crippen LogP contribution in [0.1, 0.15) is 39.1 Å². The number of benzene rings is 2. The van der Waals surface area contributed by atoms with Gasteiger partial charge in [0, 0.05) is 24.4 Å². The van der Waals surface area contributed by atoms with E-state index < -0.39 is 0 Å². The molecule has 0 bridgehead atoms. The Morgan fingerprint density at radius 1 is 0.933 bits per heavy atom. The van der Waals surface area contributed by atoms with Crippen molar-refractivity contribution in [2.24, 2.45) is 5.92 Å². The third kappa shape index (κ3) is 5.23. The van der Waals surface area contributed by atoms with Gasteiger partial charge in [0.2, 0.25) is 5.88 Å². The van der Waals surface area contributed by atoms with Crippen molar-refractivity contribution in [2.75, 3.05) is 11.9 Å². The second-order valence-corrected chi connectivity index (χ2v) is 7.31. The minimum absolute atomic E-state index is 0.262. The van der Waals surface area contributed by atoms with Gasteiger partial charge < -0.3 is 15.4 Å². The third-order valence-electron chi connectivity index (χ3n) is 4.87.